The lowest BCUT2D eigenvalue weighted by molar-refractivity contribution is -0.137. The minimum atomic E-state index is -4.33. The Balaban J connectivity index is 0.00000200. The number of halogens is 4. The Morgan fingerprint density at radius 1 is 1.40 bits per heavy atom. The van der Waals surface area contributed by atoms with Gasteiger partial charge in [0, 0.05) is 23.7 Å². The van der Waals surface area contributed by atoms with Gasteiger partial charge in [-0.25, -0.2) is 4.98 Å². The molecular weight excluding hydrogens is 311 g/mol. The molecule has 0 aromatic carbocycles. The Kier molecular flexibility index (Phi) is 6.71. The maximum absolute atomic E-state index is 12.5. The minimum absolute atomic E-state index is 0. The Hall–Kier alpha value is -0.370. The zero-order valence-corrected chi connectivity index (χ0v) is 12.9. The van der Waals surface area contributed by atoms with Crippen molar-refractivity contribution in [3.8, 4) is 0 Å². The van der Waals surface area contributed by atoms with Crippen molar-refractivity contribution in [3.05, 3.63) is 16.1 Å². The van der Waals surface area contributed by atoms with Crippen LogP contribution in [0.15, 0.2) is 6.20 Å². The zero-order chi connectivity index (χ0) is 13.9. The van der Waals surface area contributed by atoms with Crippen LogP contribution in [-0.4, -0.2) is 36.1 Å². The van der Waals surface area contributed by atoms with E-state index in [0.717, 1.165) is 43.7 Å². The van der Waals surface area contributed by atoms with E-state index in [-0.39, 0.29) is 12.4 Å². The summed E-state index contributed by atoms with van der Waals surface area (Å²) in [5.41, 5.74) is 0. The highest BCUT2D eigenvalue weighted by Gasteiger charge is 2.34. The van der Waals surface area contributed by atoms with Gasteiger partial charge in [0.25, 0.3) is 0 Å². The summed E-state index contributed by atoms with van der Waals surface area (Å²) >= 11 is 0.744. The third-order valence-electron chi connectivity index (χ3n) is 3.37. The lowest BCUT2D eigenvalue weighted by atomic mass is 10.1. The summed E-state index contributed by atoms with van der Waals surface area (Å²) in [5.74, 6) is 0. The number of thiazole rings is 1. The summed E-state index contributed by atoms with van der Waals surface area (Å²) < 4.78 is 37.4. The van der Waals surface area contributed by atoms with E-state index >= 15 is 0 Å². The molecule has 0 saturated carbocycles. The van der Waals surface area contributed by atoms with Crippen LogP contribution in [0, 0.1) is 0 Å². The van der Waals surface area contributed by atoms with Crippen LogP contribution in [0.1, 0.15) is 29.1 Å². The zero-order valence-electron chi connectivity index (χ0n) is 11.2. The predicted molar refractivity (Wildman–Crippen MR) is 76.3 cm³/mol. The molecule has 0 bridgehead atoms. The number of hydrogen-bond acceptors (Lipinski definition) is 4. The van der Waals surface area contributed by atoms with E-state index in [9.17, 15) is 13.2 Å². The highest BCUT2D eigenvalue weighted by molar-refractivity contribution is 7.11. The van der Waals surface area contributed by atoms with Gasteiger partial charge in [-0.2, -0.15) is 13.2 Å². The van der Waals surface area contributed by atoms with Gasteiger partial charge in [-0.3, -0.25) is 4.90 Å². The summed E-state index contributed by atoms with van der Waals surface area (Å²) in [6.45, 7) is 2.55. The second kappa shape index (κ2) is 7.59. The van der Waals surface area contributed by atoms with Crippen LogP contribution < -0.4 is 5.32 Å². The normalized spacial score (nSPS) is 20.6. The average Bonchev–Trinajstić information content (AvgIpc) is 2.63. The van der Waals surface area contributed by atoms with Crippen molar-refractivity contribution in [2.45, 2.75) is 38.0 Å². The van der Waals surface area contributed by atoms with Crippen molar-refractivity contribution in [3.63, 3.8) is 0 Å². The SMILES string of the molecule is CN(Cc1cnc(C(F)(F)F)s1)C1CCCNCC1.Cl. The Bertz CT molecular complexity index is 403. The van der Waals surface area contributed by atoms with E-state index < -0.39 is 11.2 Å². The van der Waals surface area contributed by atoms with Crippen molar-refractivity contribution >= 4 is 23.7 Å². The van der Waals surface area contributed by atoms with Crippen LogP contribution in [-0.2, 0) is 12.7 Å². The molecule has 20 heavy (non-hydrogen) atoms. The van der Waals surface area contributed by atoms with Crippen molar-refractivity contribution < 1.29 is 13.2 Å². The Labute approximate surface area is 127 Å². The fraction of sp³-hybridized carbons (Fsp3) is 0.750. The first-order valence-corrected chi connectivity index (χ1v) is 7.21. The lowest BCUT2D eigenvalue weighted by Crippen LogP contribution is -2.31. The fourth-order valence-electron chi connectivity index (χ4n) is 2.33. The molecule has 3 nitrogen and oxygen atoms in total. The molecule has 1 fully saturated rings. The standard InChI is InChI=1S/C12H18F3N3S.ClH/c1-18(9-3-2-5-16-6-4-9)8-10-7-17-11(19-10)12(13,14)15;/h7,9,16H,2-6,8H2,1H3;1H. The molecule has 0 radical (unpaired) electrons. The Morgan fingerprint density at radius 2 is 2.15 bits per heavy atom. The first-order chi connectivity index (χ1) is 8.97. The number of aromatic nitrogens is 1. The maximum Gasteiger partial charge on any atom is 0.443 e. The van der Waals surface area contributed by atoms with Gasteiger partial charge < -0.3 is 5.32 Å². The molecule has 1 unspecified atom stereocenters. The van der Waals surface area contributed by atoms with Crippen molar-refractivity contribution in [1.29, 1.82) is 0 Å². The molecule has 0 amide bonds. The topological polar surface area (TPSA) is 28.2 Å². The number of hydrogen-bond donors (Lipinski definition) is 1. The first kappa shape index (κ1) is 17.7. The van der Waals surface area contributed by atoms with Crippen molar-refractivity contribution in [1.82, 2.24) is 15.2 Å². The van der Waals surface area contributed by atoms with Crippen molar-refractivity contribution in [2.24, 2.45) is 0 Å². The summed E-state index contributed by atoms with van der Waals surface area (Å²) in [4.78, 5) is 6.27. The van der Waals surface area contributed by atoms with Crippen LogP contribution >= 0.6 is 23.7 Å². The van der Waals surface area contributed by atoms with Gasteiger partial charge in [0.05, 0.1) is 0 Å². The van der Waals surface area contributed by atoms with E-state index in [1.165, 1.54) is 6.20 Å². The average molecular weight is 330 g/mol. The molecule has 8 heteroatoms. The first-order valence-electron chi connectivity index (χ1n) is 6.39. The molecule has 1 aliphatic rings. The Morgan fingerprint density at radius 3 is 2.80 bits per heavy atom. The van der Waals surface area contributed by atoms with Gasteiger partial charge >= 0.3 is 6.18 Å². The third kappa shape index (κ3) is 4.87. The molecule has 1 atom stereocenters. The summed E-state index contributed by atoms with van der Waals surface area (Å²) in [6, 6.07) is 0.437. The third-order valence-corrected chi connectivity index (χ3v) is 4.40. The highest BCUT2D eigenvalue weighted by Crippen LogP contribution is 2.33. The quantitative estimate of drug-likeness (QED) is 0.923. The van der Waals surface area contributed by atoms with Crippen LogP contribution in [0.25, 0.3) is 0 Å². The molecule has 0 aliphatic carbocycles. The number of rotatable bonds is 3. The van der Waals surface area contributed by atoms with E-state index in [1.807, 2.05) is 7.05 Å². The number of alkyl halides is 3. The second-order valence-corrected chi connectivity index (χ2v) is 5.99. The number of nitrogens with zero attached hydrogens (tertiary/aromatic N) is 2. The molecule has 116 valence electrons. The van der Waals surface area contributed by atoms with E-state index in [4.69, 9.17) is 0 Å². The van der Waals surface area contributed by atoms with E-state index in [1.54, 1.807) is 0 Å². The van der Waals surface area contributed by atoms with Crippen LogP contribution in [0.4, 0.5) is 13.2 Å². The number of nitrogens with one attached hydrogen (secondary N) is 1. The molecule has 1 aliphatic heterocycles. The lowest BCUT2D eigenvalue weighted by Gasteiger charge is -2.26. The summed E-state index contributed by atoms with van der Waals surface area (Å²) in [6.07, 6.45) is 0.272. The van der Waals surface area contributed by atoms with Crippen LogP contribution in [0.5, 0.6) is 0 Å². The molecular formula is C12H19ClF3N3S. The van der Waals surface area contributed by atoms with Gasteiger partial charge in [-0.15, -0.1) is 23.7 Å². The molecule has 1 aromatic rings. The van der Waals surface area contributed by atoms with Gasteiger partial charge in [0.2, 0.25) is 0 Å². The largest absolute Gasteiger partial charge is 0.443 e. The van der Waals surface area contributed by atoms with Crippen LogP contribution in [0.3, 0.4) is 0 Å². The highest BCUT2D eigenvalue weighted by atomic mass is 35.5. The molecule has 1 saturated heterocycles. The molecule has 2 heterocycles. The van der Waals surface area contributed by atoms with Crippen LogP contribution in [0.2, 0.25) is 0 Å². The maximum atomic E-state index is 12.5. The van der Waals surface area contributed by atoms with Crippen molar-refractivity contribution in [2.75, 3.05) is 20.1 Å². The van der Waals surface area contributed by atoms with E-state index in [0.29, 0.717) is 17.5 Å². The smallest absolute Gasteiger partial charge is 0.317 e. The van der Waals surface area contributed by atoms with E-state index in [2.05, 4.69) is 15.2 Å². The second-order valence-electron chi connectivity index (χ2n) is 4.88. The van der Waals surface area contributed by atoms with Gasteiger partial charge in [-0.05, 0) is 39.4 Å². The fourth-order valence-corrected chi connectivity index (χ4v) is 3.17. The van der Waals surface area contributed by atoms with Gasteiger partial charge in [0.15, 0.2) is 5.01 Å². The molecule has 1 N–H and O–H groups in total. The summed E-state index contributed by atoms with van der Waals surface area (Å²) in [7, 11) is 1.98. The minimum Gasteiger partial charge on any atom is -0.317 e. The van der Waals surface area contributed by atoms with Gasteiger partial charge in [-0.1, -0.05) is 0 Å². The summed E-state index contributed by atoms with van der Waals surface area (Å²) in [5, 5.41) is 2.58. The molecule has 2 rings (SSSR count). The molecule has 0 spiro atoms. The molecule has 1 aromatic heterocycles. The van der Waals surface area contributed by atoms with Gasteiger partial charge in [0.1, 0.15) is 0 Å². The predicted octanol–water partition coefficient (Wildman–Crippen LogP) is 3.16. The monoisotopic (exact) mass is 329 g/mol.